The Kier molecular flexibility index (Phi) is 3.78. The Morgan fingerprint density at radius 1 is 1.47 bits per heavy atom. The minimum atomic E-state index is -3.72. The third-order valence-electron chi connectivity index (χ3n) is 1.96. The van der Waals surface area contributed by atoms with Gasteiger partial charge in [0.1, 0.15) is 5.82 Å². The Morgan fingerprint density at radius 2 is 2.13 bits per heavy atom. The summed E-state index contributed by atoms with van der Waals surface area (Å²) in [5, 5.41) is 4.98. The van der Waals surface area contributed by atoms with E-state index in [1.165, 1.54) is 18.2 Å². The van der Waals surface area contributed by atoms with E-state index in [0.717, 1.165) is 4.31 Å². The zero-order valence-electron chi connectivity index (χ0n) is 8.35. The number of halogens is 1. The van der Waals surface area contributed by atoms with Crippen LogP contribution >= 0.6 is 0 Å². The molecule has 0 amide bonds. The maximum absolute atomic E-state index is 12.8. The highest BCUT2D eigenvalue weighted by Crippen LogP contribution is 2.08. The number of nitrogens with zero attached hydrogens (tertiary/aromatic N) is 1. The van der Waals surface area contributed by atoms with E-state index in [-0.39, 0.29) is 13.1 Å². The summed E-state index contributed by atoms with van der Waals surface area (Å²) < 4.78 is 36.0. The van der Waals surface area contributed by atoms with Gasteiger partial charge in [-0.1, -0.05) is 19.1 Å². The Bertz CT molecular complexity index is 433. The maximum atomic E-state index is 12.8. The van der Waals surface area contributed by atoms with E-state index in [1.807, 2.05) is 0 Å². The molecule has 0 fully saturated rings. The van der Waals surface area contributed by atoms with Gasteiger partial charge in [-0.05, 0) is 17.7 Å². The summed E-state index contributed by atoms with van der Waals surface area (Å²) in [6.45, 7) is 2.02. The van der Waals surface area contributed by atoms with Crippen molar-refractivity contribution in [1.82, 2.24) is 4.31 Å². The predicted octanol–water partition coefficient (Wildman–Crippen LogP) is 0.851. The van der Waals surface area contributed by atoms with Crippen LogP contribution in [0.3, 0.4) is 0 Å². The summed E-state index contributed by atoms with van der Waals surface area (Å²) in [7, 11) is -3.72. The molecule has 0 aliphatic rings. The molecule has 84 valence electrons. The SMILES string of the molecule is CCN(Cc1cccc(F)c1)S(N)(=O)=O. The van der Waals surface area contributed by atoms with Gasteiger partial charge in [0.25, 0.3) is 10.2 Å². The standard InChI is InChI=1S/C9H13FN2O2S/c1-2-12(15(11,13)14)7-8-4-3-5-9(10)6-8/h3-6H,2,7H2,1H3,(H2,11,13,14). The largest absolute Gasteiger partial charge is 0.277 e. The van der Waals surface area contributed by atoms with Crippen molar-refractivity contribution in [3.8, 4) is 0 Å². The van der Waals surface area contributed by atoms with Crippen LogP contribution in [0.1, 0.15) is 12.5 Å². The average Bonchev–Trinajstić information content (AvgIpc) is 2.12. The second-order valence-electron chi connectivity index (χ2n) is 3.10. The molecule has 0 unspecified atom stereocenters. The predicted molar refractivity (Wildman–Crippen MR) is 55.6 cm³/mol. The monoisotopic (exact) mass is 232 g/mol. The Morgan fingerprint density at radius 3 is 2.60 bits per heavy atom. The van der Waals surface area contributed by atoms with Gasteiger partial charge in [0.15, 0.2) is 0 Å². The molecule has 0 atom stereocenters. The summed E-state index contributed by atoms with van der Waals surface area (Å²) in [5.74, 6) is -0.391. The summed E-state index contributed by atoms with van der Waals surface area (Å²) in [6.07, 6.45) is 0. The Balaban J connectivity index is 2.85. The molecule has 15 heavy (non-hydrogen) atoms. The van der Waals surface area contributed by atoms with Crippen LogP contribution in [-0.2, 0) is 16.8 Å². The lowest BCUT2D eigenvalue weighted by atomic mass is 10.2. The van der Waals surface area contributed by atoms with Crippen molar-refractivity contribution in [2.75, 3.05) is 6.54 Å². The first-order valence-corrected chi connectivity index (χ1v) is 5.96. The lowest BCUT2D eigenvalue weighted by molar-refractivity contribution is 0.423. The van der Waals surface area contributed by atoms with Crippen molar-refractivity contribution < 1.29 is 12.8 Å². The van der Waals surface area contributed by atoms with E-state index in [0.29, 0.717) is 5.56 Å². The molecule has 0 saturated carbocycles. The molecule has 1 rings (SSSR count). The number of benzene rings is 1. The van der Waals surface area contributed by atoms with Crippen LogP contribution in [0.5, 0.6) is 0 Å². The molecule has 1 aromatic carbocycles. The molecule has 0 bridgehead atoms. The molecule has 1 aromatic rings. The molecule has 4 nitrogen and oxygen atoms in total. The first-order valence-electron chi connectivity index (χ1n) is 4.46. The van der Waals surface area contributed by atoms with E-state index in [9.17, 15) is 12.8 Å². The van der Waals surface area contributed by atoms with Crippen molar-refractivity contribution >= 4 is 10.2 Å². The van der Waals surface area contributed by atoms with Gasteiger partial charge in [-0.15, -0.1) is 0 Å². The molecule has 0 aliphatic heterocycles. The van der Waals surface area contributed by atoms with Crippen LogP contribution in [0.2, 0.25) is 0 Å². The Hall–Kier alpha value is -0.980. The lowest BCUT2D eigenvalue weighted by Gasteiger charge is -2.17. The number of nitrogens with two attached hydrogens (primary N) is 1. The summed E-state index contributed by atoms with van der Waals surface area (Å²) in [6, 6.07) is 5.77. The fraction of sp³-hybridized carbons (Fsp3) is 0.333. The van der Waals surface area contributed by atoms with E-state index >= 15 is 0 Å². The highest BCUT2D eigenvalue weighted by Gasteiger charge is 2.15. The zero-order valence-corrected chi connectivity index (χ0v) is 9.17. The molecular weight excluding hydrogens is 219 g/mol. The van der Waals surface area contributed by atoms with Crippen LogP contribution in [0.15, 0.2) is 24.3 Å². The molecule has 0 spiro atoms. The van der Waals surface area contributed by atoms with Crippen molar-refractivity contribution in [3.05, 3.63) is 35.6 Å². The van der Waals surface area contributed by atoms with Crippen LogP contribution < -0.4 is 5.14 Å². The number of hydrogen-bond acceptors (Lipinski definition) is 2. The van der Waals surface area contributed by atoms with Gasteiger partial charge in [0.05, 0.1) is 0 Å². The van der Waals surface area contributed by atoms with E-state index in [1.54, 1.807) is 13.0 Å². The average molecular weight is 232 g/mol. The van der Waals surface area contributed by atoms with Gasteiger partial charge in [0.2, 0.25) is 0 Å². The molecule has 2 N–H and O–H groups in total. The molecule has 0 radical (unpaired) electrons. The number of rotatable bonds is 4. The van der Waals surface area contributed by atoms with Crippen LogP contribution in [0, 0.1) is 5.82 Å². The van der Waals surface area contributed by atoms with Crippen LogP contribution in [0.25, 0.3) is 0 Å². The molecule has 0 aliphatic carbocycles. The van der Waals surface area contributed by atoms with Crippen molar-refractivity contribution in [2.45, 2.75) is 13.5 Å². The second-order valence-corrected chi connectivity index (χ2v) is 4.65. The zero-order chi connectivity index (χ0) is 11.5. The second kappa shape index (κ2) is 4.69. The molecular formula is C9H13FN2O2S. The van der Waals surface area contributed by atoms with Gasteiger partial charge >= 0.3 is 0 Å². The van der Waals surface area contributed by atoms with Crippen LogP contribution in [-0.4, -0.2) is 19.3 Å². The quantitative estimate of drug-likeness (QED) is 0.836. The van der Waals surface area contributed by atoms with Crippen molar-refractivity contribution in [2.24, 2.45) is 5.14 Å². The highest BCUT2D eigenvalue weighted by atomic mass is 32.2. The van der Waals surface area contributed by atoms with E-state index in [2.05, 4.69) is 0 Å². The topological polar surface area (TPSA) is 63.4 Å². The first kappa shape index (κ1) is 12.1. The molecule has 0 aromatic heterocycles. The van der Waals surface area contributed by atoms with Crippen LogP contribution in [0.4, 0.5) is 4.39 Å². The summed E-state index contributed by atoms with van der Waals surface area (Å²) in [4.78, 5) is 0. The molecule has 0 heterocycles. The van der Waals surface area contributed by atoms with Crippen molar-refractivity contribution in [1.29, 1.82) is 0 Å². The maximum Gasteiger partial charge on any atom is 0.277 e. The minimum Gasteiger partial charge on any atom is -0.216 e. The minimum absolute atomic E-state index is 0.0904. The van der Waals surface area contributed by atoms with Gasteiger partial charge in [-0.3, -0.25) is 0 Å². The van der Waals surface area contributed by atoms with Gasteiger partial charge in [-0.2, -0.15) is 12.7 Å². The van der Waals surface area contributed by atoms with Gasteiger partial charge in [-0.25, -0.2) is 9.53 Å². The van der Waals surface area contributed by atoms with Crippen molar-refractivity contribution in [3.63, 3.8) is 0 Å². The summed E-state index contributed by atoms with van der Waals surface area (Å²) >= 11 is 0. The van der Waals surface area contributed by atoms with E-state index < -0.39 is 16.0 Å². The molecule has 0 saturated heterocycles. The number of hydrogen-bond donors (Lipinski definition) is 1. The van der Waals surface area contributed by atoms with Gasteiger partial charge < -0.3 is 0 Å². The lowest BCUT2D eigenvalue weighted by Crippen LogP contribution is -2.35. The normalized spacial score (nSPS) is 12.0. The first-order chi connectivity index (χ1) is 6.93. The summed E-state index contributed by atoms with van der Waals surface area (Å²) in [5.41, 5.74) is 0.575. The van der Waals surface area contributed by atoms with E-state index in [4.69, 9.17) is 5.14 Å². The Labute approximate surface area is 88.7 Å². The fourth-order valence-electron chi connectivity index (χ4n) is 1.22. The third-order valence-corrected chi connectivity index (χ3v) is 3.07. The molecule has 6 heteroatoms. The smallest absolute Gasteiger partial charge is 0.216 e. The van der Waals surface area contributed by atoms with Gasteiger partial charge in [0, 0.05) is 13.1 Å². The third kappa shape index (κ3) is 3.58. The fourth-order valence-corrected chi connectivity index (χ4v) is 1.91. The highest BCUT2D eigenvalue weighted by molar-refractivity contribution is 7.86.